The first kappa shape index (κ1) is 16.1. The number of fused-ring (bicyclic) bond motifs is 1. The zero-order valence-electron chi connectivity index (χ0n) is 13.0. The van der Waals surface area contributed by atoms with Crippen molar-refractivity contribution in [1.82, 2.24) is 14.1 Å². The van der Waals surface area contributed by atoms with E-state index in [0.717, 1.165) is 4.57 Å². The van der Waals surface area contributed by atoms with Gasteiger partial charge in [0, 0.05) is 30.0 Å². The van der Waals surface area contributed by atoms with Crippen molar-refractivity contribution in [2.24, 2.45) is 13.0 Å². The molecule has 0 aliphatic heterocycles. The van der Waals surface area contributed by atoms with E-state index in [1.807, 2.05) is 13.8 Å². The Morgan fingerprint density at radius 3 is 2.70 bits per heavy atom. The lowest BCUT2D eigenvalue weighted by atomic mass is 10.2. The molecule has 6 nitrogen and oxygen atoms in total. The minimum absolute atomic E-state index is 0.267. The van der Waals surface area contributed by atoms with Gasteiger partial charge in [0.2, 0.25) is 0 Å². The normalized spacial score (nSPS) is 13.1. The van der Waals surface area contributed by atoms with E-state index >= 15 is 0 Å². The molecule has 0 bridgehead atoms. The highest BCUT2D eigenvalue weighted by Gasteiger charge is 2.20. The van der Waals surface area contributed by atoms with Crippen LogP contribution in [0.4, 0.5) is 0 Å². The number of rotatable bonds is 4. The molecule has 0 saturated carbocycles. The summed E-state index contributed by atoms with van der Waals surface area (Å²) in [5.41, 5.74) is -0.660. The van der Waals surface area contributed by atoms with Gasteiger partial charge in [0.05, 0.1) is 5.39 Å². The summed E-state index contributed by atoms with van der Waals surface area (Å²) in [6.07, 6.45) is 0.754. The van der Waals surface area contributed by atoms with Gasteiger partial charge in [0.25, 0.3) is 5.56 Å². The lowest BCUT2D eigenvalue weighted by molar-refractivity contribution is 0.223. The van der Waals surface area contributed by atoms with Crippen molar-refractivity contribution < 1.29 is 5.11 Å². The lowest BCUT2D eigenvalue weighted by Crippen LogP contribution is -2.38. The highest BCUT2D eigenvalue weighted by molar-refractivity contribution is 7.19. The van der Waals surface area contributed by atoms with Crippen molar-refractivity contribution in [3.05, 3.63) is 48.4 Å². The number of hydrogen-bond donors (Lipinski definition) is 1. The summed E-state index contributed by atoms with van der Waals surface area (Å²) < 4.78 is 2.74. The Labute approximate surface area is 140 Å². The summed E-state index contributed by atoms with van der Waals surface area (Å²) in [7, 11) is 1.48. The largest absolute Gasteiger partial charge is 0.380 e. The smallest absolute Gasteiger partial charge is 0.331 e. The van der Waals surface area contributed by atoms with E-state index in [-0.39, 0.29) is 17.2 Å². The second-order valence-corrected chi connectivity index (χ2v) is 7.78. The lowest BCUT2D eigenvalue weighted by Gasteiger charge is -2.11. The molecule has 3 rings (SSSR count). The van der Waals surface area contributed by atoms with E-state index in [4.69, 9.17) is 0 Å². The Bertz CT molecular complexity index is 951. The van der Waals surface area contributed by atoms with E-state index in [0.29, 0.717) is 26.6 Å². The molecule has 122 valence electrons. The maximum absolute atomic E-state index is 12.4. The molecule has 3 aromatic rings. The molecule has 0 aromatic carbocycles. The van der Waals surface area contributed by atoms with Gasteiger partial charge in [-0.05, 0) is 12.0 Å². The van der Waals surface area contributed by atoms with Crippen molar-refractivity contribution >= 4 is 32.9 Å². The average molecular weight is 351 g/mol. The highest BCUT2D eigenvalue weighted by Crippen LogP contribution is 2.32. The molecule has 1 unspecified atom stereocenters. The fraction of sp³-hybridized carbons (Fsp3) is 0.400. The van der Waals surface area contributed by atoms with Gasteiger partial charge in [-0.3, -0.25) is 13.9 Å². The van der Waals surface area contributed by atoms with Crippen LogP contribution in [0.1, 0.15) is 29.8 Å². The van der Waals surface area contributed by atoms with Crippen LogP contribution in [0, 0.1) is 5.92 Å². The first-order chi connectivity index (χ1) is 10.9. The Morgan fingerprint density at radius 1 is 1.35 bits per heavy atom. The van der Waals surface area contributed by atoms with E-state index in [1.165, 1.54) is 29.7 Å². The monoisotopic (exact) mass is 351 g/mol. The number of aliphatic hydroxyl groups excluding tert-OH is 1. The van der Waals surface area contributed by atoms with Crippen molar-refractivity contribution in [1.29, 1.82) is 0 Å². The van der Waals surface area contributed by atoms with Crippen molar-refractivity contribution in [2.45, 2.75) is 26.5 Å². The van der Waals surface area contributed by atoms with Crippen LogP contribution in [0.2, 0.25) is 0 Å². The average Bonchev–Trinajstić information content (AvgIpc) is 3.17. The number of hydrogen-bond acceptors (Lipinski definition) is 6. The SMILES string of the molecule is CC(C)Cn1c(=O)n(C)c(=O)c2cc(C(O)c3nccs3)sc21. The van der Waals surface area contributed by atoms with Crippen LogP contribution in [-0.2, 0) is 13.6 Å². The Balaban J connectivity index is 2.24. The molecule has 8 heteroatoms. The van der Waals surface area contributed by atoms with Gasteiger partial charge >= 0.3 is 5.69 Å². The summed E-state index contributed by atoms with van der Waals surface area (Å²) in [4.78, 5) is 30.1. The zero-order chi connectivity index (χ0) is 16.7. The quantitative estimate of drug-likeness (QED) is 0.779. The first-order valence-corrected chi connectivity index (χ1v) is 8.90. The van der Waals surface area contributed by atoms with Crippen LogP contribution < -0.4 is 11.2 Å². The van der Waals surface area contributed by atoms with E-state index in [9.17, 15) is 14.7 Å². The first-order valence-electron chi connectivity index (χ1n) is 7.21. The van der Waals surface area contributed by atoms with Gasteiger partial charge in [0.1, 0.15) is 15.9 Å². The van der Waals surface area contributed by atoms with Gasteiger partial charge in [-0.2, -0.15) is 0 Å². The number of aliphatic hydroxyl groups is 1. The molecule has 0 aliphatic carbocycles. The van der Waals surface area contributed by atoms with Gasteiger partial charge in [-0.15, -0.1) is 22.7 Å². The Kier molecular flexibility index (Phi) is 4.22. The standard InChI is InChI=1S/C15H17N3O3S2/c1-8(2)7-18-14-9(13(20)17(3)15(18)21)6-10(23-14)11(19)12-16-4-5-22-12/h4-6,8,11,19H,7H2,1-3H3. The molecule has 0 aliphatic rings. The number of aromatic nitrogens is 3. The molecule has 3 aromatic heterocycles. The molecule has 1 atom stereocenters. The molecule has 0 fully saturated rings. The van der Waals surface area contributed by atoms with Crippen molar-refractivity contribution in [3.8, 4) is 0 Å². The molecule has 23 heavy (non-hydrogen) atoms. The third kappa shape index (κ3) is 2.77. The third-order valence-electron chi connectivity index (χ3n) is 3.53. The second-order valence-electron chi connectivity index (χ2n) is 5.79. The molecular formula is C15H17N3O3S2. The zero-order valence-corrected chi connectivity index (χ0v) is 14.6. The van der Waals surface area contributed by atoms with E-state index in [2.05, 4.69) is 4.98 Å². The molecule has 0 saturated heterocycles. The maximum atomic E-state index is 12.4. The predicted octanol–water partition coefficient (Wildman–Crippen LogP) is 1.96. The van der Waals surface area contributed by atoms with Gasteiger partial charge in [-0.25, -0.2) is 9.78 Å². The van der Waals surface area contributed by atoms with E-state index in [1.54, 1.807) is 22.2 Å². The fourth-order valence-electron chi connectivity index (χ4n) is 2.44. The summed E-state index contributed by atoms with van der Waals surface area (Å²) in [6.45, 7) is 4.56. The van der Waals surface area contributed by atoms with Crippen LogP contribution in [-0.4, -0.2) is 19.2 Å². The summed E-state index contributed by atoms with van der Waals surface area (Å²) in [5.74, 6) is 0.267. The van der Waals surface area contributed by atoms with Gasteiger partial charge < -0.3 is 5.11 Å². The van der Waals surface area contributed by atoms with Crippen molar-refractivity contribution in [3.63, 3.8) is 0 Å². The molecule has 0 spiro atoms. The minimum atomic E-state index is -0.875. The van der Waals surface area contributed by atoms with Gasteiger partial charge in [0.15, 0.2) is 0 Å². The second kappa shape index (κ2) is 6.03. The van der Waals surface area contributed by atoms with Crippen LogP contribution >= 0.6 is 22.7 Å². The van der Waals surface area contributed by atoms with Crippen molar-refractivity contribution in [2.75, 3.05) is 0 Å². The molecule has 3 heterocycles. The summed E-state index contributed by atoms with van der Waals surface area (Å²) in [6, 6.07) is 1.67. The summed E-state index contributed by atoms with van der Waals surface area (Å²) in [5, 5.41) is 13.3. The van der Waals surface area contributed by atoms with Crippen LogP contribution in [0.15, 0.2) is 27.2 Å². The number of nitrogens with zero attached hydrogens (tertiary/aromatic N) is 3. The predicted molar refractivity (Wildman–Crippen MR) is 92.3 cm³/mol. The fourth-order valence-corrected chi connectivity index (χ4v) is 4.30. The molecule has 0 amide bonds. The number of thiazole rings is 1. The maximum Gasteiger partial charge on any atom is 0.331 e. The summed E-state index contributed by atoms with van der Waals surface area (Å²) >= 11 is 2.63. The Morgan fingerprint density at radius 2 is 2.09 bits per heavy atom. The third-order valence-corrected chi connectivity index (χ3v) is 5.57. The molecular weight excluding hydrogens is 334 g/mol. The minimum Gasteiger partial charge on any atom is -0.380 e. The van der Waals surface area contributed by atoms with Crippen LogP contribution in [0.3, 0.4) is 0 Å². The number of thiophene rings is 1. The van der Waals surface area contributed by atoms with Crippen LogP contribution in [0.5, 0.6) is 0 Å². The Hall–Kier alpha value is -1.77. The van der Waals surface area contributed by atoms with Crippen LogP contribution in [0.25, 0.3) is 10.2 Å². The van der Waals surface area contributed by atoms with Gasteiger partial charge in [-0.1, -0.05) is 13.8 Å². The topological polar surface area (TPSA) is 77.1 Å². The highest BCUT2D eigenvalue weighted by atomic mass is 32.1. The van der Waals surface area contributed by atoms with E-state index < -0.39 is 6.10 Å². The molecule has 1 N–H and O–H groups in total. The molecule has 0 radical (unpaired) electrons.